The molecular weight excluding hydrogens is 541 g/mol. The maximum Gasteiger partial charge on any atom is 0.525 e. The molecule has 1 aromatic heterocycles. The molecule has 0 aliphatic carbocycles. The molecule has 16 heteroatoms. The Bertz CT molecular complexity index is 1230. The lowest BCUT2D eigenvalue weighted by molar-refractivity contribution is -0.411. The molecule has 0 N–H and O–H groups in total. The Balaban J connectivity index is 1.96. The fraction of sp³-hybridized carbons (Fsp3) is 0.316. The Hall–Kier alpha value is -2.46. The number of thioether (sulfide) groups is 1. The maximum atomic E-state index is 13.8. The molecule has 5 nitrogen and oxygen atoms in total. The highest BCUT2D eigenvalue weighted by molar-refractivity contribution is 8.00. The molecule has 3 rings (SSSR count). The van der Waals surface area contributed by atoms with Crippen LogP contribution in [0.4, 0.5) is 39.5 Å². The molecule has 0 amide bonds. The smallest absolute Gasteiger partial charge is 0.436 e. The minimum absolute atomic E-state index is 0.0129. The highest BCUT2D eigenvalue weighted by Crippen LogP contribution is 2.39. The number of alkyl halides is 9. The Kier molecular flexibility index (Phi) is 7.67. The second kappa shape index (κ2) is 9.89. The van der Waals surface area contributed by atoms with Crippen LogP contribution in [-0.4, -0.2) is 39.3 Å². The van der Waals surface area contributed by atoms with Gasteiger partial charge in [0, 0.05) is 10.6 Å². The molecule has 2 aromatic carbocycles. The van der Waals surface area contributed by atoms with Gasteiger partial charge >= 0.3 is 24.3 Å². The third kappa shape index (κ3) is 7.04. The van der Waals surface area contributed by atoms with Gasteiger partial charge in [0.05, 0.1) is 21.3 Å². The molecule has 2 atom stereocenters. The number of hydrogen-bond donors (Lipinski definition) is 0. The maximum absolute atomic E-state index is 13.8. The number of halogens is 9. The summed E-state index contributed by atoms with van der Waals surface area (Å²) in [5, 5.41) is 0. The lowest BCUT2D eigenvalue weighted by Gasteiger charge is -2.22. The van der Waals surface area contributed by atoms with E-state index in [4.69, 9.17) is 4.42 Å². The topological polar surface area (TPSA) is 61.6 Å². The van der Waals surface area contributed by atoms with E-state index in [0.29, 0.717) is 0 Å². The first-order valence-corrected chi connectivity index (χ1v) is 11.4. The molecule has 0 saturated carbocycles. The average Bonchev–Trinajstić information content (AvgIpc) is 3.13. The van der Waals surface area contributed by atoms with Gasteiger partial charge in [0.1, 0.15) is 11.3 Å². The SMILES string of the molecule is CCS(=O)c1cc(OC(F)(F)C(F)OC(F)(F)F)ccc1-c1nc2cc(SC(F)(F)F)ccc2o1. The Morgan fingerprint density at radius 2 is 1.74 bits per heavy atom. The lowest BCUT2D eigenvalue weighted by atomic mass is 10.2. The van der Waals surface area contributed by atoms with Gasteiger partial charge in [0.25, 0.3) is 0 Å². The summed E-state index contributed by atoms with van der Waals surface area (Å²) in [6.07, 6.45) is -15.0. The van der Waals surface area contributed by atoms with Gasteiger partial charge in [-0.1, -0.05) is 6.92 Å². The van der Waals surface area contributed by atoms with E-state index in [2.05, 4.69) is 14.5 Å². The fourth-order valence-electron chi connectivity index (χ4n) is 2.70. The van der Waals surface area contributed by atoms with Gasteiger partial charge in [-0.05, 0) is 48.2 Å². The standard InChI is InChI=1S/C19H12F9NO4S2/c1-2-35(30)14-7-9(32-17(21,22)16(20)33-18(23,24)25)3-5-11(14)15-29-12-8-10(34-19(26,27)28)4-6-13(12)31-15/h3-8,16H,2H2,1H3. The van der Waals surface area contributed by atoms with Gasteiger partial charge < -0.3 is 9.15 Å². The quantitative estimate of drug-likeness (QED) is 0.220. The zero-order valence-electron chi connectivity index (χ0n) is 17.0. The molecule has 2 unspecified atom stereocenters. The number of ether oxygens (including phenoxy) is 2. The molecule has 0 aliphatic rings. The summed E-state index contributed by atoms with van der Waals surface area (Å²) in [4.78, 5) is 3.66. The van der Waals surface area contributed by atoms with Crippen LogP contribution in [0.5, 0.6) is 5.75 Å². The molecule has 0 aliphatic heterocycles. The van der Waals surface area contributed by atoms with Crippen molar-refractivity contribution in [1.29, 1.82) is 0 Å². The minimum Gasteiger partial charge on any atom is -0.436 e. The van der Waals surface area contributed by atoms with E-state index in [1.165, 1.54) is 13.0 Å². The van der Waals surface area contributed by atoms with Crippen LogP contribution in [0.2, 0.25) is 0 Å². The van der Waals surface area contributed by atoms with Crippen molar-refractivity contribution in [3.63, 3.8) is 0 Å². The van der Waals surface area contributed by atoms with E-state index in [1.54, 1.807) is 0 Å². The average molecular weight is 553 g/mol. The minimum atomic E-state index is -5.70. The number of fused-ring (bicyclic) bond motifs is 1. The monoisotopic (exact) mass is 553 g/mol. The number of oxazole rings is 1. The summed E-state index contributed by atoms with van der Waals surface area (Å²) in [5.41, 5.74) is -4.49. The number of rotatable bonds is 8. The lowest BCUT2D eigenvalue weighted by Crippen LogP contribution is -2.41. The number of benzene rings is 2. The second-order valence-electron chi connectivity index (χ2n) is 6.53. The normalized spacial score (nSPS) is 14.8. The third-order valence-corrected chi connectivity index (χ3v) is 6.11. The summed E-state index contributed by atoms with van der Waals surface area (Å²) in [6, 6.07) is 6.05. The van der Waals surface area contributed by atoms with Crippen molar-refractivity contribution in [3.05, 3.63) is 36.4 Å². The number of nitrogens with zero attached hydrogens (tertiary/aromatic N) is 1. The van der Waals surface area contributed by atoms with Gasteiger partial charge in [-0.3, -0.25) is 4.21 Å². The molecular formula is C19H12F9NO4S2. The molecule has 0 saturated heterocycles. The molecule has 35 heavy (non-hydrogen) atoms. The van der Waals surface area contributed by atoms with E-state index in [9.17, 15) is 43.7 Å². The number of hydrogen-bond acceptors (Lipinski definition) is 6. The molecule has 0 radical (unpaired) electrons. The summed E-state index contributed by atoms with van der Waals surface area (Å²) in [5.74, 6) is -1.13. The van der Waals surface area contributed by atoms with Gasteiger partial charge in [-0.15, -0.1) is 13.2 Å². The van der Waals surface area contributed by atoms with Crippen LogP contribution in [0, 0.1) is 0 Å². The second-order valence-corrected chi connectivity index (χ2v) is 9.38. The van der Waals surface area contributed by atoms with Crippen LogP contribution in [-0.2, 0) is 15.5 Å². The zero-order valence-corrected chi connectivity index (χ0v) is 18.7. The van der Waals surface area contributed by atoms with Crippen molar-refractivity contribution < 1.29 is 57.6 Å². The van der Waals surface area contributed by atoms with Gasteiger partial charge in [0.2, 0.25) is 5.89 Å². The van der Waals surface area contributed by atoms with Crippen LogP contribution in [0.3, 0.4) is 0 Å². The van der Waals surface area contributed by atoms with Crippen LogP contribution in [0.15, 0.2) is 50.6 Å². The van der Waals surface area contributed by atoms with E-state index >= 15 is 0 Å². The van der Waals surface area contributed by atoms with Crippen LogP contribution >= 0.6 is 11.8 Å². The molecule has 192 valence electrons. The molecule has 3 aromatic rings. The molecule has 1 heterocycles. The molecule has 0 fully saturated rings. The van der Waals surface area contributed by atoms with Crippen molar-refractivity contribution in [2.24, 2.45) is 0 Å². The summed E-state index contributed by atoms with van der Waals surface area (Å²) >= 11 is -0.384. The van der Waals surface area contributed by atoms with E-state index in [0.717, 1.165) is 30.3 Å². The zero-order chi connectivity index (χ0) is 26.2. The van der Waals surface area contributed by atoms with Crippen LogP contribution in [0.1, 0.15) is 6.92 Å². The first-order chi connectivity index (χ1) is 16.1. The Morgan fingerprint density at radius 3 is 2.34 bits per heavy atom. The van der Waals surface area contributed by atoms with E-state index in [1.807, 2.05) is 0 Å². The predicted octanol–water partition coefficient (Wildman–Crippen LogP) is 7.04. The molecule has 0 spiro atoms. The van der Waals surface area contributed by atoms with Crippen molar-refractivity contribution in [2.45, 2.75) is 41.1 Å². The van der Waals surface area contributed by atoms with Crippen LogP contribution in [0.25, 0.3) is 22.6 Å². The Labute approximate surface area is 197 Å². The van der Waals surface area contributed by atoms with Crippen molar-refractivity contribution in [3.8, 4) is 17.2 Å². The predicted molar refractivity (Wildman–Crippen MR) is 106 cm³/mol. The fourth-order valence-corrected chi connectivity index (χ4v) is 4.23. The van der Waals surface area contributed by atoms with Crippen LogP contribution < -0.4 is 4.74 Å². The molecule has 0 bridgehead atoms. The van der Waals surface area contributed by atoms with Crippen molar-refractivity contribution in [1.82, 2.24) is 4.98 Å². The first kappa shape index (κ1) is 27.1. The highest BCUT2D eigenvalue weighted by Gasteiger charge is 2.50. The van der Waals surface area contributed by atoms with E-state index < -0.39 is 40.9 Å². The van der Waals surface area contributed by atoms with E-state index in [-0.39, 0.29) is 49.9 Å². The summed E-state index contributed by atoms with van der Waals surface area (Å²) < 4.78 is 139. The largest absolute Gasteiger partial charge is 0.525 e. The van der Waals surface area contributed by atoms with Gasteiger partial charge in [-0.2, -0.15) is 22.0 Å². The van der Waals surface area contributed by atoms with Crippen molar-refractivity contribution >= 4 is 33.7 Å². The third-order valence-electron chi connectivity index (χ3n) is 4.04. The number of aromatic nitrogens is 1. The van der Waals surface area contributed by atoms with Gasteiger partial charge in [-0.25, -0.2) is 14.1 Å². The highest BCUT2D eigenvalue weighted by atomic mass is 32.2. The summed E-state index contributed by atoms with van der Waals surface area (Å²) in [6.45, 7) is 1.46. The first-order valence-electron chi connectivity index (χ1n) is 9.22. The Morgan fingerprint density at radius 1 is 1.06 bits per heavy atom. The van der Waals surface area contributed by atoms with Gasteiger partial charge in [0.15, 0.2) is 5.58 Å². The summed E-state index contributed by atoms with van der Waals surface area (Å²) in [7, 11) is -1.89. The van der Waals surface area contributed by atoms with Crippen molar-refractivity contribution in [2.75, 3.05) is 5.75 Å².